The monoisotopic (exact) mass is 420 g/mol. The summed E-state index contributed by atoms with van der Waals surface area (Å²) in [7, 11) is 0. The molecule has 9 nitrogen and oxygen atoms in total. The number of rotatable bonds is 7. The van der Waals surface area contributed by atoms with E-state index in [-0.39, 0.29) is 17.9 Å². The molecule has 4 N–H and O–H groups in total. The Kier molecular flexibility index (Phi) is 5.58. The number of nitrogens with two attached hydrogens (primary N) is 1. The van der Waals surface area contributed by atoms with E-state index in [4.69, 9.17) is 10.7 Å². The Morgan fingerprint density at radius 3 is 2.71 bits per heavy atom. The van der Waals surface area contributed by atoms with Gasteiger partial charge in [-0.3, -0.25) is 4.79 Å². The van der Waals surface area contributed by atoms with Crippen LogP contribution in [0.1, 0.15) is 55.5 Å². The summed E-state index contributed by atoms with van der Waals surface area (Å²) in [5.41, 5.74) is 10.3. The predicted molar refractivity (Wildman–Crippen MR) is 119 cm³/mol. The SMILES string of the molecule is Cc1nc2nc(N)nn2c(C)c1CCC(=O)N[C@@H](CC(C)C)c1nc2ccccc2[nH]1. The first-order valence-corrected chi connectivity index (χ1v) is 10.5. The fraction of sp³-hybridized carbons (Fsp3) is 0.409. The topological polar surface area (TPSA) is 127 Å². The Hall–Kier alpha value is -3.49. The highest BCUT2D eigenvalue weighted by Gasteiger charge is 2.20. The Morgan fingerprint density at radius 2 is 1.97 bits per heavy atom. The maximum absolute atomic E-state index is 12.9. The van der Waals surface area contributed by atoms with E-state index in [0.29, 0.717) is 24.5 Å². The van der Waals surface area contributed by atoms with E-state index < -0.39 is 0 Å². The number of amides is 1. The molecule has 1 atom stereocenters. The van der Waals surface area contributed by atoms with Gasteiger partial charge in [-0.1, -0.05) is 26.0 Å². The number of carbonyl (C=O) groups excluding carboxylic acids is 1. The minimum Gasteiger partial charge on any atom is -0.366 e. The number of benzene rings is 1. The first-order valence-electron chi connectivity index (χ1n) is 10.5. The van der Waals surface area contributed by atoms with Crippen LogP contribution in [0, 0.1) is 19.8 Å². The van der Waals surface area contributed by atoms with Crippen molar-refractivity contribution in [3.8, 4) is 0 Å². The van der Waals surface area contributed by atoms with Crippen LogP contribution >= 0.6 is 0 Å². The summed E-state index contributed by atoms with van der Waals surface area (Å²) < 4.78 is 1.63. The van der Waals surface area contributed by atoms with E-state index in [1.807, 2.05) is 38.1 Å². The number of para-hydroxylation sites is 2. The van der Waals surface area contributed by atoms with Crippen molar-refractivity contribution >= 4 is 28.7 Å². The zero-order chi connectivity index (χ0) is 22.1. The molecule has 0 aliphatic rings. The molecule has 3 aromatic heterocycles. The van der Waals surface area contributed by atoms with E-state index in [1.54, 1.807) is 4.52 Å². The van der Waals surface area contributed by atoms with Crippen LogP contribution in [-0.4, -0.2) is 35.5 Å². The number of H-pyrrole nitrogens is 1. The number of aryl methyl sites for hydroxylation is 2. The van der Waals surface area contributed by atoms with Crippen LogP contribution in [0.3, 0.4) is 0 Å². The quantitative estimate of drug-likeness (QED) is 0.422. The summed E-state index contributed by atoms with van der Waals surface area (Å²) in [6.07, 6.45) is 1.70. The maximum atomic E-state index is 12.9. The lowest BCUT2D eigenvalue weighted by Gasteiger charge is -2.19. The molecule has 0 fully saturated rings. The van der Waals surface area contributed by atoms with Crippen LogP contribution < -0.4 is 11.1 Å². The molecule has 0 saturated carbocycles. The summed E-state index contributed by atoms with van der Waals surface area (Å²) in [5, 5.41) is 7.36. The molecule has 0 bridgehead atoms. The molecule has 4 rings (SSSR count). The average molecular weight is 421 g/mol. The Balaban J connectivity index is 1.50. The lowest BCUT2D eigenvalue weighted by Crippen LogP contribution is -2.30. The molecular formula is C22H28N8O. The number of carbonyl (C=O) groups is 1. The van der Waals surface area contributed by atoms with E-state index in [1.165, 1.54) is 0 Å². The minimum absolute atomic E-state index is 0.0249. The molecule has 0 saturated heterocycles. The normalized spacial score (nSPS) is 12.7. The number of nitrogen functional groups attached to an aromatic ring is 1. The van der Waals surface area contributed by atoms with Gasteiger partial charge in [-0.05, 0) is 50.3 Å². The molecule has 1 amide bonds. The molecule has 0 spiro atoms. The highest BCUT2D eigenvalue weighted by molar-refractivity contribution is 5.77. The van der Waals surface area contributed by atoms with Crippen molar-refractivity contribution in [2.45, 2.75) is 53.0 Å². The molecule has 9 heteroatoms. The van der Waals surface area contributed by atoms with Gasteiger partial charge in [-0.2, -0.15) is 9.50 Å². The van der Waals surface area contributed by atoms with Gasteiger partial charge in [-0.25, -0.2) is 9.97 Å². The number of anilines is 1. The highest BCUT2D eigenvalue weighted by atomic mass is 16.1. The van der Waals surface area contributed by atoms with Crippen LogP contribution in [0.4, 0.5) is 5.95 Å². The second-order valence-electron chi connectivity index (χ2n) is 8.33. The van der Waals surface area contributed by atoms with Gasteiger partial charge in [0.1, 0.15) is 5.82 Å². The van der Waals surface area contributed by atoms with Crippen LogP contribution in [0.2, 0.25) is 0 Å². The lowest BCUT2D eigenvalue weighted by molar-refractivity contribution is -0.122. The van der Waals surface area contributed by atoms with Crippen molar-refractivity contribution in [1.82, 2.24) is 34.9 Å². The van der Waals surface area contributed by atoms with Crippen LogP contribution in [0.25, 0.3) is 16.8 Å². The minimum atomic E-state index is -0.169. The number of hydrogen-bond acceptors (Lipinski definition) is 6. The third-order valence-corrected chi connectivity index (χ3v) is 5.45. The highest BCUT2D eigenvalue weighted by Crippen LogP contribution is 2.22. The molecule has 0 radical (unpaired) electrons. The van der Waals surface area contributed by atoms with E-state index >= 15 is 0 Å². The summed E-state index contributed by atoms with van der Waals surface area (Å²) >= 11 is 0. The fourth-order valence-corrected chi connectivity index (χ4v) is 3.94. The molecule has 1 aromatic carbocycles. The Morgan fingerprint density at radius 1 is 1.19 bits per heavy atom. The summed E-state index contributed by atoms with van der Waals surface area (Å²) in [6, 6.07) is 7.72. The van der Waals surface area contributed by atoms with Crippen molar-refractivity contribution in [2.75, 3.05) is 5.73 Å². The van der Waals surface area contributed by atoms with Gasteiger partial charge < -0.3 is 16.0 Å². The van der Waals surface area contributed by atoms with Gasteiger partial charge in [-0.15, -0.1) is 5.10 Å². The van der Waals surface area contributed by atoms with Gasteiger partial charge in [0.2, 0.25) is 11.9 Å². The Bertz CT molecular complexity index is 1210. The second kappa shape index (κ2) is 8.33. The van der Waals surface area contributed by atoms with Crippen LogP contribution in [-0.2, 0) is 11.2 Å². The van der Waals surface area contributed by atoms with Crippen molar-refractivity contribution < 1.29 is 4.79 Å². The average Bonchev–Trinajstić information content (AvgIpc) is 3.30. The number of nitrogens with one attached hydrogen (secondary N) is 2. The number of fused-ring (bicyclic) bond motifs is 2. The van der Waals surface area contributed by atoms with Gasteiger partial charge in [0, 0.05) is 17.8 Å². The van der Waals surface area contributed by atoms with Gasteiger partial charge in [0.15, 0.2) is 0 Å². The van der Waals surface area contributed by atoms with Crippen LogP contribution in [0.15, 0.2) is 24.3 Å². The van der Waals surface area contributed by atoms with E-state index in [9.17, 15) is 4.79 Å². The largest absolute Gasteiger partial charge is 0.366 e. The van der Waals surface area contributed by atoms with E-state index in [2.05, 4.69) is 39.2 Å². The van der Waals surface area contributed by atoms with Crippen LogP contribution in [0.5, 0.6) is 0 Å². The first-order chi connectivity index (χ1) is 14.8. The molecule has 31 heavy (non-hydrogen) atoms. The third kappa shape index (κ3) is 4.35. The molecule has 4 aromatic rings. The number of imidazole rings is 1. The summed E-state index contributed by atoms with van der Waals surface area (Å²) in [6.45, 7) is 8.14. The van der Waals surface area contributed by atoms with Gasteiger partial charge in [0.05, 0.1) is 17.1 Å². The molecule has 162 valence electrons. The summed E-state index contributed by atoms with van der Waals surface area (Å²) in [4.78, 5) is 29.5. The zero-order valence-electron chi connectivity index (χ0n) is 18.3. The number of aromatic nitrogens is 6. The van der Waals surface area contributed by atoms with E-state index in [0.717, 1.165) is 40.2 Å². The number of hydrogen-bond donors (Lipinski definition) is 3. The van der Waals surface area contributed by atoms with Crippen molar-refractivity contribution in [3.05, 3.63) is 47.0 Å². The smallest absolute Gasteiger partial charge is 0.254 e. The molecule has 3 heterocycles. The molecule has 0 aliphatic carbocycles. The Labute approximate surface area is 180 Å². The third-order valence-electron chi connectivity index (χ3n) is 5.45. The first kappa shape index (κ1) is 20.8. The van der Waals surface area contributed by atoms with Crippen molar-refractivity contribution in [3.63, 3.8) is 0 Å². The molecule has 0 unspecified atom stereocenters. The molecule has 0 aliphatic heterocycles. The second-order valence-corrected chi connectivity index (χ2v) is 8.33. The number of nitrogens with zero attached hydrogens (tertiary/aromatic N) is 5. The predicted octanol–water partition coefficient (Wildman–Crippen LogP) is 3.04. The van der Waals surface area contributed by atoms with Crippen molar-refractivity contribution in [2.24, 2.45) is 5.92 Å². The molecular weight excluding hydrogens is 392 g/mol. The lowest BCUT2D eigenvalue weighted by atomic mass is 10.0. The van der Waals surface area contributed by atoms with Crippen molar-refractivity contribution in [1.29, 1.82) is 0 Å². The zero-order valence-corrected chi connectivity index (χ0v) is 18.3. The maximum Gasteiger partial charge on any atom is 0.254 e. The standard InChI is InChI=1S/C22H28N8O/c1-12(2)11-18(20-26-16-7-5-6-8-17(16)27-20)25-19(31)10-9-15-13(3)24-22-28-21(23)29-30(22)14(15)4/h5-8,12,18H,9-11H2,1-4H3,(H2,23,29)(H,25,31)(H,26,27)/t18-/m0/s1. The number of aromatic amines is 1. The van der Waals surface area contributed by atoms with Gasteiger partial charge >= 0.3 is 0 Å². The fourth-order valence-electron chi connectivity index (χ4n) is 3.94. The van der Waals surface area contributed by atoms with Gasteiger partial charge in [0.25, 0.3) is 5.78 Å². The summed E-state index contributed by atoms with van der Waals surface area (Å²) in [5.74, 6) is 1.84.